The van der Waals surface area contributed by atoms with Crippen LogP contribution in [0.2, 0.25) is 0 Å². The molecule has 3 heterocycles. The molecular weight excluding hydrogens is 445 g/mol. The number of piperazine rings is 1. The topological polar surface area (TPSA) is 78.1 Å². The van der Waals surface area contributed by atoms with Crippen LogP contribution >= 0.6 is 0 Å². The lowest BCUT2D eigenvalue weighted by Gasteiger charge is -2.35. The van der Waals surface area contributed by atoms with E-state index < -0.39 is 11.7 Å². The zero-order valence-electron chi connectivity index (χ0n) is 18.8. The number of hydrogen-bond donors (Lipinski definition) is 0. The van der Waals surface area contributed by atoms with Gasteiger partial charge >= 0.3 is 6.18 Å². The zero-order valence-corrected chi connectivity index (χ0v) is 18.8. The quantitative estimate of drug-likeness (QED) is 0.584. The third kappa shape index (κ3) is 4.59. The zero-order chi connectivity index (χ0) is 24.5. The van der Waals surface area contributed by atoms with Crippen molar-refractivity contribution in [3.05, 3.63) is 70.7 Å². The average Bonchev–Trinajstić information content (AvgIpc) is 3.12. The second-order valence-corrected chi connectivity index (χ2v) is 8.14. The number of aryl methyl sites for hydroxylation is 1. The maximum absolute atomic E-state index is 13.1. The number of nitrogens with zero attached hydrogens (tertiary/aromatic N) is 6. The Morgan fingerprint density at radius 3 is 2.53 bits per heavy atom. The van der Waals surface area contributed by atoms with Crippen LogP contribution in [0.3, 0.4) is 0 Å². The molecule has 0 saturated carbocycles. The number of carbonyl (C=O) groups is 1. The molecule has 7 nitrogen and oxygen atoms in total. The molecule has 3 aromatic rings. The van der Waals surface area contributed by atoms with Crippen molar-refractivity contribution in [1.82, 2.24) is 19.7 Å². The van der Waals surface area contributed by atoms with E-state index in [0.29, 0.717) is 60.2 Å². The van der Waals surface area contributed by atoms with E-state index in [2.05, 4.69) is 16.2 Å². The summed E-state index contributed by atoms with van der Waals surface area (Å²) in [5, 5.41) is 13.7. The van der Waals surface area contributed by atoms with Crippen molar-refractivity contribution in [3.8, 4) is 11.8 Å². The van der Waals surface area contributed by atoms with Gasteiger partial charge in [0.15, 0.2) is 0 Å². The second kappa shape index (κ2) is 9.17. The standard InChI is InChI=1S/C24H23F3N6O/c1-16-21(17(2)33(30-16)20-7-3-6-19(13-20)24(25,26)27)14-22(34)31-9-11-32(12-10-31)23-18(15-28)5-4-8-29-23/h3-8,13H,9-12,14H2,1-2H3. The number of hydrogen-bond acceptors (Lipinski definition) is 5. The van der Waals surface area contributed by atoms with Crippen molar-refractivity contribution in [3.63, 3.8) is 0 Å². The van der Waals surface area contributed by atoms with Gasteiger partial charge < -0.3 is 9.80 Å². The van der Waals surface area contributed by atoms with Gasteiger partial charge in [0, 0.05) is 43.6 Å². The van der Waals surface area contributed by atoms with Crippen LogP contribution in [0.15, 0.2) is 42.6 Å². The van der Waals surface area contributed by atoms with Gasteiger partial charge in [-0.2, -0.15) is 23.5 Å². The van der Waals surface area contributed by atoms with Crippen molar-refractivity contribution < 1.29 is 18.0 Å². The molecule has 2 aromatic heterocycles. The third-order valence-corrected chi connectivity index (χ3v) is 6.03. The summed E-state index contributed by atoms with van der Waals surface area (Å²) in [6.45, 7) is 5.59. The molecule has 10 heteroatoms. The first kappa shape index (κ1) is 23.3. The maximum Gasteiger partial charge on any atom is 0.416 e. The second-order valence-electron chi connectivity index (χ2n) is 8.14. The molecule has 1 amide bonds. The number of pyridine rings is 1. The molecule has 0 N–H and O–H groups in total. The largest absolute Gasteiger partial charge is 0.416 e. The van der Waals surface area contributed by atoms with Gasteiger partial charge in [-0.05, 0) is 44.2 Å². The molecule has 0 atom stereocenters. The van der Waals surface area contributed by atoms with Crippen molar-refractivity contribution in [2.75, 3.05) is 31.1 Å². The predicted octanol–water partition coefficient (Wildman–Crippen LogP) is 3.67. The molecule has 0 unspecified atom stereocenters. The van der Waals surface area contributed by atoms with Gasteiger partial charge in [-0.25, -0.2) is 9.67 Å². The van der Waals surface area contributed by atoms with Gasteiger partial charge in [-0.1, -0.05) is 6.07 Å². The van der Waals surface area contributed by atoms with Crippen LogP contribution in [0.1, 0.15) is 28.1 Å². The van der Waals surface area contributed by atoms with E-state index in [-0.39, 0.29) is 12.3 Å². The van der Waals surface area contributed by atoms with Gasteiger partial charge in [0.05, 0.1) is 28.9 Å². The number of amides is 1. The van der Waals surface area contributed by atoms with Gasteiger partial charge in [-0.15, -0.1) is 0 Å². The van der Waals surface area contributed by atoms with E-state index in [0.717, 1.165) is 12.1 Å². The molecule has 1 aliphatic rings. The normalized spacial score (nSPS) is 14.2. The lowest BCUT2D eigenvalue weighted by molar-refractivity contribution is -0.137. The molecule has 176 valence electrons. The third-order valence-electron chi connectivity index (χ3n) is 6.03. The molecule has 1 aliphatic heterocycles. The first-order valence-electron chi connectivity index (χ1n) is 10.8. The van der Waals surface area contributed by atoms with Crippen LogP contribution in [0.5, 0.6) is 0 Å². The van der Waals surface area contributed by atoms with E-state index in [4.69, 9.17) is 0 Å². The molecular formula is C24H23F3N6O. The Morgan fingerprint density at radius 1 is 1.12 bits per heavy atom. The van der Waals surface area contributed by atoms with Gasteiger partial charge in [0.25, 0.3) is 0 Å². The van der Waals surface area contributed by atoms with Crippen molar-refractivity contribution in [1.29, 1.82) is 5.26 Å². The Labute approximate surface area is 195 Å². The minimum atomic E-state index is -4.45. The van der Waals surface area contributed by atoms with Crippen LogP contribution in [0, 0.1) is 25.2 Å². The number of halogens is 3. The smallest absolute Gasteiger partial charge is 0.352 e. The highest BCUT2D eigenvalue weighted by Gasteiger charge is 2.31. The molecule has 1 fully saturated rings. The lowest BCUT2D eigenvalue weighted by atomic mass is 10.1. The van der Waals surface area contributed by atoms with E-state index in [1.54, 1.807) is 43.1 Å². The van der Waals surface area contributed by atoms with Gasteiger partial charge in [-0.3, -0.25) is 4.79 Å². The van der Waals surface area contributed by atoms with Gasteiger partial charge in [0.2, 0.25) is 5.91 Å². The summed E-state index contributed by atoms with van der Waals surface area (Å²) in [5.74, 6) is 0.544. The fourth-order valence-corrected chi connectivity index (χ4v) is 4.16. The summed E-state index contributed by atoms with van der Waals surface area (Å²) in [6.07, 6.45) is -2.69. The molecule has 4 rings (SSSR count). The number of nitriles is 1. The Hall–Kier alpha value is -3.87. The summed E-state index contributed by atoms with van der Waals surface area (Å²) >= 11 is 0. The van der Waals surface area contributed by atoms with Gasteiger partial charge in [0.1, 0.15) is 11.9 Å². The Bertz CT molecular complexity index is 1250. The summed E-state index contributed by atoms with van der Waals surface area (Å²) in [5.41, 5.74) is 1.99. The Kier molecular flexibility index (Phi) is 6.28. The Morgan fingerprint density at radius 2 is 1.85 bits per heavy atom. The number of alkyl halides is 3. The number of aromatic nitrogens is 3. The average molecular weight is 468 g/mol. The van der Waals surface area contributed by atoms with E-state index in [9.17, 15) is 23.2 Å². The maximum atomic E-state index is 13.1. The van der Waals surface area contributed by atoms with E-state index in [1.165, 1.54) is 10.7 Å². The minimum absolute atomic E-state index is 0.0732. The Balaban J connectivity index is 1.47. The highest BCUT2D eigenvalue weighted by Crippen LogP contribution is 2.31. The van der Waals surface area contributed by atoms with Crippen molar-refractivity contribution >= 4 is 11.7 Å². The first-order valence-corrected chi connectivity index (χ1v) is 10.8. The van der Waals surface area contributed by atoms with E-state index >= 15 is 0 Å². The molecule has 0 bridgehead atoms. The van der Waals surface area contributed by atoms with Crippen LogP contribution in [-0.2, 0) is 17.4 Å². The summed E-state index contributed by atoms with van der Waals surface area (Å²) in [6, 6.07) is 10.6. The molecule has 0 spiro atoms. The fourth-order valence-electron chi connectivity index (χ4n) is 4.16. The number of anilines is 1. The first-order chi connectivity index (χ1) is 16.2. The highest BCUT2D eigenvalue weighted by molar-refractivity contribution is 5.79. The lowest BCUT2D eigenvalue weighted by Crippen LogP contribution is -2.49. The predicted molar refractivity (Wildman–Crippen MR) is 119 cm³/mol. The highest BCUT2D eigenvalue weighted by atomic mass is 19.4. The molecule has 0 radical (unpaired) electrons. The summed E-state index contributed by atoms with van der Waals surface area (Å²) in [7, 11) is 0. The van der Waals surface area contributed by atoms with Crippen molar-refractivity contribution in [2.24, 2.45) is 0 Å². The van der Waals surface area contributed by atoms with E-state index in [1.807, 2.05) is 4.90 Å². The van der Waals surface area contributed by atoms with Crippen LogP contribution in [0.25, 0.3) is 5.69 Å². The number of carbonyl (C=O) groups excluding carboxylic acids is 1. The molecule has 1 aromatic carbocycles. The SMILES string of the molecule is Cc1nn(-c2cccc(C(F)(F)F)c2)c(C)c1CC(=O)N1CCN(c2ncccc2C#N)CC1. The number of rotatable bonds is 4. The van der Waals surface area contributed by atoms with Crippen LogP contribution in [0.4, 0.5) is 19.0 Å². The molecule has 0 aliphatic carbocycles. The van der Waals surface area contributed by atoms with Crippen molar-refractivity contribution in [2.45, 2.75) is 26.4 Å². The van der Waals surface area contributed by atoms with Crippen LogP contribution in [-0.4, -0.2) is 51.8 Å². The summed E-state index contributed by atoms with van der Waals surface area (Å²) < 4.78 is 40.8. The van der Waals surface area contributed by atoms with Crippen LogP contribution < -0.4 is 4.90 Å². The minimum Gasteiger partial charge on any atom is -0.352 e. The monoisotopic (exact) mass is 468 g/mol. The summed E-state index contributed by atoms with van der Waals surface area (Å²) in [4.78, 5) is 21.1. The molecule has 34 heavy (non-hydrogen) atoms. The fraction of sp³-hybridized carbons (Fsp3) is 0.333. The molecule has 1 saturated heterocycles. The number of benzene rings is 1.